The van der Waals surface area contributed by atoms with Crippen LogP contribution in [-0.4, -0.2) is 70.6 Å². The molecule has 0 aromatic heterocycles. The highest BCUT2D eigenvalue weighted by Crippen LogP contribution is 2.38. The van der Waals surface area contributed by atoms with Crippen LogP contribution in [-0.2, 0) is 4.79 Å². The molecule has 8 nitrogen and oxygen atoms in total. The van der Waals surface area contributed by atoms with Gasteiger partial charge in [-0.15, -0.1) is 0 Å². The molecule has 2 amide bonds. The maximum atomic E-state index is 12.6. The van der Waals surface area contributed by atoms with Crippen LogP contribution >= 0.6 is 0 Å². The number of nitrogens with one attached hydrogen (secondary N) is 3. The van der Waals surface area contributed by atoms with Gasteiger partial charge in [0.2, 0.25) is 5.91 Å². The predicted molar refractivity (Wildman–Crippen MR) is 114 cm³/mol. The Morgan fingerprint density at radius 3 is 2.24 bits per heavy atom. The van der Waals surface area contributed by atoms with Crippen LogP contribution in [0.2, 0.25) is 0 Å². The maximum Gasteiger partial charge on any atom is 0.251 e. The third kappa shape index (κ3) is 6.10. The third-order valence-corrected chi connectivity index (χ3v) is 5.29. The number of methoxy groups -OCH3 is 1. The second kappa shape index (κ2) is 10.7. The number of ether oxygens (including phenoxy) is 1. The number of amides is 2. The monoisotopic (exact) mass is 403 g/mol. The number of nitrogens with zero attached hydrogens (tertiary/aromatic N) is 2. The largest absolute Gasteiger partial charge is 0.497 e. The van der Waals surface area contributed by atoms with Gasteiger partial charge in [-0.05, 0) is 37.1 Å². The number of aliphatic imine (C=N–C) groups is 1. The smallest absolute Gasteiger partial charge is 0.251 e. The molecule has 1 fully saturated rings. The Morgan fingerprint density at radius 1 is 1.07 bits per heavy atom. The van der Waals surface area contributed by atoms with Crippen molar-refractivity contribution in [3.63, 3.8) is 0 Å². The van der Waals surface area contributed by atoms with E-state index in [9.17, 15) is 9.59 Å². The summed E-state index contributed by atoms with van der Waals surface area (Å²) < 4.78 is 5.10. The fraction of sp³-hybridized carbons (Fsp3) is 0.571. The molecule has 1 aromatic rings. The van der Waals surface area contributed by atoms with Crippen LogP contribution in [0.3, 0.4) is 0 Å². The average molecular weight is 404 g/mol. The fourth-order valence-electron chi connectivity index (χ4n) is 3.67. The molecule has 0 spiro atoms. The topological polar surface area (TPSA) is 95.1 Å². The number of rotatable bonds is 8. The standard InChI is InChI=1S/C21H33N5O3/c1-22-20(25-15-21(11-5-6-12-21)19(28)26(2)3)24-14-13-23-18(27)16-7-9-17(29-4)10-8-16/h7-10H,5-6,11-15H2,1-4H3,(H,23,27)(H2,22,24,25). The summed E-state index contributed by atoms with van der Waals surface area (Å²) in [7, 11) is 6.90. The third-order valence-electron chi connectivity index (χ3n) is 5.29. The van der Waals surface area contributed by atoms with Crippen molar-refractivity contribution in [3.05, 3.63) is 29.8 Å². The van der Waals surface area contributed by atoms with E-state index in [4.69, 9.17) is 4.74 Å². The highest BCUT2D eigenvalue weighted by Gasteiger charge is 2.42. The SMILES string of the molecule is CN=C(NCCNC(=O)c1ccc(OC)cc1)NCC1(C(=O)N(C)C)CCCC1. The second-order valence-electron chi connectivity index (χ2n) is 7.52. The molecule has 0 aliphatic heterocycles. The molecule has 160 valence electrons. The van der Waals surface area contributed by atoms with Gasteiger partial charge in [-0.25, -0.2) is 0 Å². The molecule has 0 bridgehead atoms. The van der Waals surface area contributed by atoms with Gasteiger partial charge in [0, 0.05) is 46.3 Å². The highest BCUT2D eigenvalue weighted by atomic mass is 16.5. The molecule has 0 atom stereocenters. The van der Waals surface area contributed by atoms with Crippen LogP contribution in [0.25, 0.3) is 0 Å². The van der Waals surface area contributed by atoms with Gasteiger partial charge in [0.05, 0.1) is 12.5 Å². The van der Waals surface area contributed by atoms with Gasteiger partial charge >= 0.3 is 0 Å². The van der Waals surface area contributed by atoms with Gasteiger partial charge in [0.25, 0.3) is 5.91 Å². The summed E-state index contributed by atoms with van der Waals surface area (Å²) in [5.74, 6) is 1.37. The van der Waals surface area contributed by atoms with Crippen molar-refractivity contribution >= 4 is 17.8 Å². The zero-order valence-electron chi connectivity index (χ0n) is 17.9. The molecule has 8 heteroatoms. The Bertz CT molecular complexity index is 710. The van der Waals surface area contributed by atoms with Crippen molar-refractivity contribution < 1.29 is 14.3 Å². The molecule has 29 heavy (non-hydrogen) atoms. The Morgan fingerprint density at radius 2 is 1.69 bits per heavy atom. The summed E-state index contributed by atoms with van der Waals surface area (Å²) in [6, 6.07) is 6.97. The Balaban J connectivity index is 1.77. The van der Waals surface area contributed by atoms with Crippen molar-refractivity contribution in [1.82, 2.24) is 20.9 Å². The first kappa shape index (κ1) is 22.5. The Kier molecular flexibility index (Phi) is 8.30. The maximum absolute atomic E-state index is 12.6. The van der Waals surface area contributed by atoms with Crippen molar-refractivity contribution in [3.8, 4) is 5.75 Å². The number of guanidine groups is 1. The minimum absolute atomic E-state index is 0.140. The lowest BCUT2D eigenvalue weighted by Gasteiger charge is -2.31. The molecule has 1 saturated carbocycles. The van der Waals surface area contributed by atoms with Crippen molar-refractivity contribution in [2.75, 3.05) is 47.9 Å². The molecule has 1 aliphatic rings. The van der Waals surface area contributed by atoms with Crippen molar-refractivity contribution in [1.29, 1.82) is 0 Å². The minimum atomic E-state index is -0.357. The van der Waals surface area contributed by atoms with Crippen LogP contribution in [0.1, 0.15) is 36.0 Å². The first-order valence-electron chi connectivity index (χ1n) is 10.0. The van der Waals surface area contributed by atoms with E-state index in [-0.39, 0.29) is 17.2 Å². The van der Waals surface area contributed by atoms with Gasteiger partial charge in [-0.1, -0.05) is 12.8 Å². The molecule has 1 aromatic carbocycles. The molecule has 0 saturated heterocycles. The molecule has 0 heterocycles. The van der Waals surface area contributed by atoms with Crippen LogP contribution < -0.4 is 20.7 Å². The summed E-state index contributed by atoms with van der Waals surface area (Å²) in [4.78, 5) is 30.7. The lowest BCUT2D eigenvalue weighted by atomic mass is 9.84. The van der Waals surface area contributed by atoms with E-state index in [1.807, 2.05) is 0 Å². The van der Waals surface area contributed by atoms with Gasteiger partial charge in [0.15, 0.2) is 5.96 Å². The average Bonchev–Trinajstić information content (AvgIpc) is 3.22. The van der Waals surface area contributed by atoms with Gasteiger partial charge in [-0.3, -0.25) is 14.6 Å². The molecule has 1 aliphatic carbocycles. The van der Waals surface area contributed by atoms with E-state index >= 15 is 0 Å². The molecular formula is C21H33N5O3. The number of carbonyl (C=O) groups excluding carboxylic acids is 2. The fourth-order valence-corrected chi connectivity index (χ4v) is 3.67. The number of hydrogen-bond donors (Lipinski definition) is 3. The highest BCUT2D eigenvalue weighted by molar-refractivity contribution is 5.94. The van der Waals surface area contributed by atoms with Gasteiger partial charge < -0.3 is 25.6 Å². The lowest BCUT2D eigenvalue weighted by Crippen LogP contribution is -2.50. The minimum Gasteiger partial charge on any atom is -0.497 e. The molecule has 2 rings (SSSR count). The molecular weight excluding hydrogens is 370 g/mol. The number of benzene rings is 1. The van der Waals surface area contributed by atoms with Crippen LogP contribution in [0.5, 0.6) is 5.75 Å². The van der Waals surface area contributed by atoms with E-state index in [1.54, 1.807) is 57.4 Å². The summed E-state index contributed by atoms with van der Waals surface area (Å²) >= 11 is 0. The number of carbonyl (C=O) groups is 2. The van der Waals surface area contributed by atoms with E-state index in [1.165, 1.54) is 0 Å². The first-order chi connectivity index (χ1) is 13.9. The summed E-state index contributed by atoms with van der Waals surface area (Å²) in [5.41, 5.74) is 0.225. The van der Waals surface area contributed by atoms with E-state index in [0.29, 0.717) is 36.9 Å². The van der Waals surface area contributed by atoms with Crippen molar-refractivity contribution in [2.24, 2.45) is 10.4 Å². The quantitative estimate of drug-likeness (QED) is 0.345. The number of hydrogen-bond acceptors (Lipinski definition) is 4. The van der Waals surface area contributed by atoms with Crippen molar-refractivity contribution in [2.45, 2.75) is 25.7 Å². The van der Waals surface area contributed by atoms with Crippen LogP contribution in [0.4, 0.5) is 0 Å². The second-order valence-corrected chi connectivity index (χ2v) is 7.52. The lowest BCUT2D eigenvalue weighted by molar-refractivity contribution is -0.138. The van der Waals surface area contributed by atoms with E-state index in [2.05, 4.69) is 20.9 Å². The van der Waals surface area contributed by atoms with Gasteiger partial charge in [-0.2, -0.15) is 0 Å². The summed E-state index contributed by atoms with van der Waals surface area (Å²) in [5, 5.41) is 9.34. The summed E-state index contributed by atoms with van der Waals surface area (Å²) in [6.45, 7) is 1.53. The molecule has 0 unspecified atom stereocenters. The van der Waals surface area contributed by atoms with E-state index < -0.39 is 0 Å². The zero-order valence-corrected chi connectivity index (χ0v) is 17.9. The van der Waals surface area contributed by atoms with Gasteiger partial charge in [0.1, 0.15) is 5.75 Å². The summed E-state index contributed by atoms with van der Waals surface area (Å²) in [6.07, 6.45) is 3.94. The normalized spacial score (nSPS) is 15.5. The molecule has 3 N–H and O–H groups in total. The van der Waals surface area contributed by atoms with Crippen LogP contribution in [0, 0.1) is 5.41 Å². The first-order valence-corrected chi connectivity index (χ1v) is 10.0. The predicted octanol–water partition coefficient (Wildman–Crippen LogP) is 1.24. The van der Waals surface area contributed by atoms with Crippen LogP contribution in [0.15, 0.2) is 29.3 Å². The Hall–Kier alpha value is -2.77. The molecule has 0 radical (unpaired) electrons. The zero-order chi connectivity index (χ0) is 21.3. The Labute approximate surface area is 173 Å². The van der Waals surface area contributed by atoms with E-state index in [0.717, 1.165) is 25.7 Å².